The van der Waals surface area contributed by atoms with Crippen molar-refractivity contribution in [3.05, 3.63) is 54.0 Å². The Labute approximate surface area is 148 Å². The van der Waals surface area contributed by atoms with E-state index in [9.17, 15) is 9.18 Å². The Morgan fingerprint density at radius 2 is 2.15 bits per heavy atom. The molecule has 3 aromatic rings. The predicted molar refractivity (Wildman–Crippen MR) is 88.5 cm³/mol. The van der Waals surface area contributed by atoms with Crippen LogP contribution in [0.1, 0.15) is 29.3 Å². The van der Waals surface area contributed by atoms with Gasteiger partial charge < -0.3 is 13.9 Å². The van der Waals surface area contributed by atoms with Crippen molar-refractivity contribution in [1.82, 2.24) is 20.2 Å². The second kappa shape index (κ2) is 7.07. The number of amides is 1. The fourth-order valence-electron chi connectivity index (χ4n) is 3.23. The fraction of sp³-hybridized carbons (Fsp3) is 0.333. The van der Waals surface area contributed by atoms with E-state index in [2.05, 4.69) is 15.3 Å². The number of piperidine rings is 1. The molecule has 0 saturated carbocycles. The van der Waals surface area contributed by atoms with Gasteiger partial charge in [0.15, 0.2) is 0 Å². The van der Waals surface area contributed by atoms with Crippen LogP contribution in [0, 0.1) is 11.7 Å². The van der Waals surface area contributed by atoms with Gasteiger partial charge in [0.2, 0.25) is 17.5 Å². The predicted octanol–water partition coefficient (Wildman–Crippen LogP) is 2.96. The SMILES string of the molecule is O=C(c1ccno1)N1CCC[C@H](Cc2nc(-c3ccccc3F)no2)C1. The van der Waals surface area contributed by atoms with Gasteiger partial charge in [0.25, 0.3) is 5.91 Å². The van der Waals surface area contributed by atoms with Gasteiger partial charge in [0.05, 0.1) is 11.8 Å². The van der Waals surface area contributed by atoms with Gasteiger partial charge in [0.1, 0.15) is 5.82 Å². The van der Waals surface area contributed by atoms with E-state index in [1.54, 1.807) is 29.2 Å². The Morgan fingerprint density at radius 3 is 2.96 bits per heavy atom. The number of hydrogen-bond donors (Lipinski definition) is 0. The van der Waals surface area contributed by atoms with Crippen molar-refractivity contribution in [2.75, 3.05) is 13.1 Å². The second-order valence-corrected chi connectivity index (χ2v) is 6.33. The summed E-state index contributed by atoms with van der Waals surface area (Å²) in [4.78, 5) is 18.4. The summed E-state index contributed by atoms with van der Waals surface area (Å²) in [5, 5.41) is 7.45. The first-order valence-corrected chi connectivity index (χ1v) is 8.48. The van der Waals surface area contributed by atoms with Crippen LogP contribution in [-0.4, -0.2) is 39.2 Å². The Balaban J connectivity index is 1.43. The van der Waals surface area contributed by atoms with Gasteiger partial charge in [-0.3, -0.25) is 4.79 Å². The van der Waals surface area contributed by atoms with E-state index in [4.69, 9.17) is 9.05 Å². The topological polar surface area (TPSA) is 85.3 Å². The molecular formula is C18H17FN4O3. The highest BCUT2D eigenvalue weighted by Gasteiger charge is 2.27. The third-order valence-electron chi connectivity index (χ3n) is 4.50. The lowest BCUT2D eigenvalue weighted by Gasteiger charge is -2.31. The molecule has 0 bridgehead atoms. The van der Waals surface area contributed by atoms with Gasteiger partial charge >= 0.3 is 0 Å². The summed E-state index contributed by atoms with van der Waals surface area (Å²) in [6, 6.07) is 7.87. The standard InChI is InChI=1S/C18H17FN4O3/c19-14-6-2-1-5-13(14)17-21-16(26-22-17)10-12-4-3-9-23(11-12)18(24)15-7-8-20-25-15/h1-2,5-8,12H,3-4,9-11H2/t12-/m1/s1. The summed E-state index contributed by atoms with van der Waals surface area (Å²) in [6.45, 7) is 1.26. The maximum Gasteiger partial charge on any atom is 0.292 e. The second-order valence-electron chi connectivity index (χ2n) is 6.33. The van der Waals surface area contributed by atoms with E-state index in [0.29, 0.717) is 31.0 Å². The van der Waals surface area contributed by atoms with Crippen molar-refractivity contribution in [3.63, 3.8) is 0 Å². The molecule has 2 aromatic heterocycles. The minimum atomic E-state index is -0.388. The molecule has 0 spiro atoms. The van der Waals surface area contributed by atoms with Crippen LogP contribution >= 0.6 is 0 Å². The molecule has 0 aliphatic carbocycles. The Bertz CT molecular complexity index is 893. The molecule has 1 atom stereocenters. The number of aromatic nitrogens is 3. The van der Waals surface area contributed by atoms with Crippen molar-refractivity contribution in [2.24, 2.45) is 5.92 Å². The van der Waals surface area contributed by atoms with Crippen LogP contribution in [-0.2, 0) is 6.42 Å². The van der Waals surface area contributed by atoms with Crippen LogP contribution < -0.4 is 0 Å². The molecule has 1 aliphatic heterocycles. The van der Waals surface area contributed by atoms with Crippen LogP contribution in [0.25, 0.3) is 11.4 Å². The van der Waals surface area contributed by atoms with Crippen molar-refractivity contribution in [3.8, 4) is 11.4 Å². The molecule has 4 rings (SSSR count). The van der Waals surface area contributed by atoms with E-state index in [0.717, 1.165) is 12.8 Å². The van der Waals surface area contributed by atoms with Gasteiger partial charge in [-0.1, -0.05) is 22.4 Å². The van der Waals surface area contributed by atoms with E-state index in [1.807, 2.05) is 0 Å². The zero-order chi connectivity index (χ0) is 17.9. The van der Waals surface area contributed by atoms with Crippen LogP contribution in [0.15, 0.2) is 45.6 Å². The average molecular weight is 356 g/mol. The highest BCUT2D eigenvalue weighted by molar-refractivity contribution is 5.91. The smallest absolute Gasteiger partial charge is 0.292 e. The lowest BCUT2D eigenvalue weighted by molar-refractivity contribution is 0.0626. The highest BCUT2D eigenvalue weighted by Crippen LogP contribution is 2.24. The zero-order valence-corrected chi connectivity index (χ0v) is 14.0. The van der Waals surface area contributed by atoms with Gasteiger partial charge in [-0.2, -0.15) is 4.98 Å². The minimum Gasteiger partial charge on any atom is -0.351 e. The van der Waals surface area contributed by atoms with E-state index >= 15 is 0 Å². The van der Waals surface area contributed by atoms with Gasteiger partial charge in [0, 0.05) is 25.6 Å². The molecule has 1 aliphatic rings. The molecule has 1 aromatic carbocycles. The molecule has 26 heavy (non-hydrogen) atoms. The molecule has 134 valence electrons. The molecule has 0 radical (unpaired) electrons. The maximum absolute atomic E-state index is 13.8. The third-order valence-corrected chi connectivity index (χ3v) is 4.50. The lowest BCUT2D eigenvalue weighted by atomic mass is 9.94. The molecule has 7 nitrogen and oxygen atoms in total. The highest BCUT2D eigenvalue weighted by atomic mass is 19.1. The normalized spacial score (nSPS) is 17.4. The number of hydrogen-bond acceptors (Lipinski definition) is 6. The molecule has 1 fully saturated rings. The number of likely N-dealkylation sites (tertiary alicyclic amines) is 1. The summed E-state index contributed by atoms with van der Waals surface area (Å²) in [6.07, 6.45) is 3.84. The van der Waals surface area contributed by atoms with Gasteiger partial charge in [-0.25, -0.2) is 4.39 Å². The molecule has 1 saturated heterocycles. The van der Waals surface area contributed by atoms with Crippen molar-refractivity contribution < 1.29 is 18.2 Å². The number of benzene rings is 1. The van der Waals surface area contributed by atoms with E-state index < -0.39 is 0 Å². The summed E-state index contributed by atoms with van der Waals surface area (Å²) in [5.41, 5.74) is 0.313. The number of rotatable bonds is 4. The Kier molecular flexibility index (Phi) is 4.47. The first kappa shape index (κ1) is 16.4. The zero-order valence-electron chi connectivity index (χ0n) is 14.0. The van der Waals surface area contributed by atoms with Crippen molar-refractivity contribution in [2.45, 2.75) is 19.3 Å². The summed E-state index contributed by atoms with van der Waals surface area (Å²) >= 11 is 0. The van der Waals surface area contributed by atoms with Gasteiger partial charge in [-0.15, -0.1) is 0 Å². The first-order chi connectivity index (χ1) is 12.7. The summed E-state index contributed by atoms with van der Waals surface area (Å²) < 4.78 is 24.1. The van der Waals surface area contributed by atoms with Crippen LogP contribution in [0.2, 0.25) is 0 Å². The number of carbonyl (C=O) groups excluding carboxylic acids is 1. The van der Waals surface area contributed by atoms with Crippen LogP contribution in [0.5, 0.6) is 0 Å². The van der Waals surface area contributed by atoms with Gasteiger partial charge in [-0.05, 0) is 30.9 Å². The molecular weight excluding hydrogens is 339 g/mol. The molecule has 8 heteroatoms. The quantitative estimate of drug-likeness (QED) is 0.714. The summed E-state index contributed by atoms with van der Waals surface area (Å²) in [5.74, 6) is 0.576. The maximum atomic E-state index is 13.8. The molecule has 0 unspecified atom stereocenters. The van der Waals surface area contributed by atoms with E-state index in [1.165, 1.54) is 12.3 Å². The average Bonchev–Trinajstić information content (AvgIpc) is 3.34. The minimum absolute atomic E-state index is 0.162. The Morgan fingerprint density at radius 1 is 1.27 bits per heavy atom. The number of nitrogens with zero attached hydrogens (tertiary/aromatic N) is 4. The lowest BCUT2D eigenvalue weighted by Crippen LogP contribution is -2.40. The van der Waals surface area contributed by atoms with Crippen molar-refractivity contribution >= 4 is 5.91 Å². The fourth-order valence-corrected chi connectivity index (χ4v) is 3.23. The monoisotopic (exact) mass is 356 g/mol. The third kappa shape index (κ3) is 3.35. The van der Waals surface area contributed by atoms with Crippen LogP contribution in [0.4, 0.5) is 4.39 Å². The van der Waals surface area contributed by atoms with Crippen molar-refractivity contribution in [1.29, 1.82) is 0 Å². The van der Waals surface area contributed by atoms with Crippen LogP contribution in [0.3, 0.4) is 0 Å². The first-order valence-electron chi connectivity index (χ1n) is 8.48. The molecule has 1 amide bonds. The largest absolute Gasteiger partial charge is 0.351 e. The summed E-state index contributed by atoms with van der Waals surface area (Å²) in [7, 11) is 0. The number of carbonyl (C=O) groups is 1. The Hall–Kier alpha value is -3.03. The number of halogens is 1. The van der Waals surface area contributed by atoms with E-state index in [-0.39, 0.29) is 29.2 Å². The molecule has 3 heterocycles. The molecule has 0 N–H and O–H groups in total.